The Hall–Kier alpha value is -1.40. The molecule has 0 aromatic heterocycles. The predicted molar refractivity (Wildman–Crippen MR) is 91.2 cm³/mol. The van der Waals surface area contributed by atoms with Gasteiger partial charge in [0, 0.05) is 45.1 Å². The molecule has 2 fully saturated rings. The van der Waals surface area contributed by atoms with Crippen LogP contribution in [-0.2, 0) is 19.6 Å². The third-order valence-corrected chi connectivity index (χ3v) is 5.36. The zero-order chi connectivity index (χ0) is 20.4. The Kier molecular flexibility index (Phi) is 6.74. The van der Waals surface area contributed by atoms with E-state index in [2.05, 4.69) is 10.0 Å². The molecule has 2 aliphatic heterocycles. The minimum Gasteiger partial charge on any atom is -0.343 e. The Morgan fingerprint density at radius 1 is 1.26 bits per heavy atom. The number of nitrogens with zero attached hydrogens (tertiary/aromatic N) is 2. The molecule has 2 heterocycles. The maximum absolute atomic E-state index is 12.8. The summed E-state index contributed by atoms with van der Waals surface area (Å²) in [5.41, 5.74) is 0. The summed E-state index contributed by atoms with van der Waals surface area (Å²) >= 11 is 0. The lowest BCUT2D eigenvalue weighted by atomic mass is 10.1. The molecule has 27 heavy (non-hydrogen) atoms. The van der Waals surface area contributed by atoms with Gasteiger partial charge in [0.1, 0.15) is 6.04 Å². The van der Waals surface area contributed by atoms with Crippen molar-refractivity contribution in [1.82, 2.24) is 19.8 Å². The highest BCUT2D eigenvalue weighted by Crippen LogP contribution is 2.25. The summed E-state index contributed by atoms with van der Waals surface area (Å²) in [6.45, 7) is 2.04. The van der Waals surface area contributed by atoms with Crippen molar-refractivity contribution in [2.45, 2.75) is 50.5 Å². The molecule has 0 unspecified atom stereocenters. The molecule has 2 saturated heterocycles. The van der Waals surface area contributed by atoms with Gasteiger partial charge in [0.25, 0.3) is 0 Å². The summed E-state index contributed by atoms with van der Waals surface area (Å²) in [7, 11) is -3.45. The van der Waals surface area contributed by atoms with Crippen molar-refractivity contribution in [3.8, 4) is 0 Å². The number of carbonyl (C=O) groups excluding carboxylic acids is 2. The maximum atomic E-state index is 12.8. The average Bonchev–Trinajstić information content (AvgIpc) is 2.79. The molecule has 0 spiro atoms. The summed E-state index contributed by atoms with van der Waals surface area (Å²) in [5, 5.41) is 2.55. The normalized spacial score (nSPS) is 27.4. The van der Waals surface area contributed by atoms with E-state index in [1.807, 2.05) is 0 Å². The number of amides is 2. The SMILES string of the molecule is CC(=O)N[C@H]1CN(CCCC(F)(F)F)C[C@@H]2C[C@H](NS(C)(=O)=O)CN2C1=O. The van der Waals surface area contributed by atoms with Crippen LogP contribution in [0, 0.1) is 0 Å². The number of nitrogens with one attached hydrogen (secondary N) is 2. The molecule has 0 bridgehead atoms. The van der Waals surface area contributed by atoms with Crippen molar-refractivity contribution >= 4 is 21.8 Å². The van der Waals surface area contributed by atoms with Gasteiger partial charge in [-0.25, -0.2) is 13.1 Å². The van der Waals surface area contributed by atoms with Crippen molar-refractivity contribution < 1.29 is 31.2 Å². The second-order valence-corrected chi connectivity index (χ2v) is 8.98. The quantitative estimate of drug-likeness (QED) is 0.620. The number of hydrogen-bond donors (Lipinski definition) is 2. The van der Waals surface area contributed by atoms with Crippen molar-refractivity contribution in [1.29, 1.82) is 0 Å². The van der Waals surface area contributed by atoms with E-state index in [-0.39, 0.29) is 38.0 Å². The Morgan fingerprint density at radius 3 is 2.48 bits per heavy atom. The van der Waals surface area contributed by atoms with Gasteiger partial charge in [0.05, 0.1) is 6.26 Å². The number of carbonyl (C=O) groups is 2. The zero-order valence-electron chi connectivity index (χ0n) is 15.3. The number of rotatable bonds is 6. The molecular formula is C15H25F3N4O4S. The number of sulfonamides is 1. The summed E-state index contributed by atoms with van der Waals surface area (Å²) in [6.07, 6.45) is -3.87. The van der Waals surface area contributed by atoms with Crippen LogP contribution in [0.2, 0.25) is 0 Å². The predicted octanol–water partition coefficient (Wildman–Crippen LogP) is -0.332. The average molecular weight is 414 g/mol. The van der Waals surface area contributed by atoms with Crippen LogP contribution in [0.15, 0.2) is 0 Å². The number of alkyl halides is 3. The van der Waals surface area contributed by atoms with Crippen LogP contribution in [0.1, 0.15) is 26.2 Å². The van der Waals surface area contributed by atoms with Crippen LogP contribution in [-0.4, -0.2) is 86.8 Å². The van der Waals surface area contributed by atoms with Gasteiger partial charge >= 0.3 is 6.18 Å². The Morgan fingerprint density at radius 2 is 1.93 bits per heavy atom. The molecule has 0 aliphatic carbocycles. The van der Waals surface area contributed by atoms with Gasteiger partial charge in [-0.3, -0.25) is 14.5 Å². The van der Waals surface area contributed by atoms with E-state index in [9.17, 15) is 31.2 Å². The Balaban J connectivity index is 2.10. The summed E-state index contributed by atoms with van der Waals surface area (Å²) in [5.74, 6) is -0.752. The van der Waals surface area contributed by atoms with Crippen molar-refractivity contribution in [2.24, 2.45) is 0 Å². The lowest BCUT2D eigenvalue weighted by molar-refractivity contribution is -0.137. The molecule has 0 aromatic carbocycles. The molecule has 2 aliphatic rings. The summed E-state index contributed by atoms with van der Waals surface area (Å²) < 4.78 is 62.7. The largest absolute Gasteiger partial charge is 0.389 e. The van der Waals surface area contributed by atoms with Crippen LogP contribution < -0.4 is 10.0 Å². The smallest absolute Gasteiger partial charge is 0.343 e. The summed E-state index contributed by atoms with van der Waals surface area (Å²) in [6, 6.07) is -1.64. The van der Waals surface area contributed by atoms with E-state index in [0.717, 1.165) is 6.26 Å². The van der Waals surface area contributed by atoms with Gasteiger partial charge in [-0.05, 0) is 19.4 Å². The fourth-order valence-corrected chi connectivity index (χ4v) is 4.47. The lowest BCUT2D eigenvalue weighted by Gasteiger charge is -2.25. The minimum atomic E-state index is -4.25. The van der Waals surface area contributed by atoms with Crippen LogP contribution in [0.25, 0.3) is 0 Å². The van der Waals surface area contributed by atoms with Crippen LogP contribution >= 0.6 is 0 Å². The number of fused-ring (bicyclic) bond motifs is 1. The van der Waals surface area contributed by atoms with Crippen molar-refractivity contribution in [3.63, 3.8) is 0 Å². The van der Waals surface area contributed by atoms with Crippen molar-refractivity contribution in [3.05, 3.63) is 0 Å². The molecule has 12 heteroatoms. The van der Waals surface area contributed by atoms with E-state index in [1.54, 1.807) is 4.90 Å². The first-order chi connectivity index (χ1) is 12.3. The number of hydrogen-bond acceptors (Lipinski definition) is 5. The van der Waals surface area contributed by atoms with E-state index >= 15 is 0 Å². The highest BCUT2D eigenvalue weighted by molar-refractivity contribution is 7.88. The number of halogens is 3. The highest BCUT2D eigenvalue weighted by atomic mass is 32.2. The second-order valence-electron chi connectivity index (χ2n) is 7.20. The van der Waals surface area contributed by atoms with Gasteiger partial charge in [-0.1, -0.05) is 0 Å². The zero-order valence-corrected chi connectivity index (χ0v) is 16.1. The highest BCUT2D eigenvalue weighted by Gasteiger charge is 2.43. The van der Waals surface area contributed by atoms with Gasteiger partial charge in [0.15, 0.2) is 0 Å². The fraction of sp³-hybridized carbons (Fsp3) is 0.867. The summed E-state index contributed by atoms with van der Waals surface area (Å²) in [4.78, 5) is 27.5. The minimum absolute atomic E-state index is 0.109. The van der Waals surface area contributed by atoms with Gasteiger partial charge in [-0.15, -0.1) is 0 Å². The van der Waals surface area contributed by atoms with E-state index in [4.69, 9.17) is 0 Å². The van der Waals surface area contributed by atoms with E-state index in [0.29, 0.717) is 13.0 Å². The Labute approximate surface area is 156 Å². The lowest BCUT2D eigenvalue weighted by Crippen LogP contribution is -2.51. The van der Waals surface area contributed by atoms with Crippen LogP contribution in [0.3, 0.4) is 0 Å². The molecule has 2 amide bonds. The molecule has 3 atom stereocenters. The van der Waals surface area contributed by atoms with Gasteiger partial charge in [0.2, 0.25) is 21.8 Å². The third kappa shape index (κ3) is 6.92. The van der Waals surface area contributed by atoms with E-state index < -0.39 is 40.6 Å². The fourth-order valence-electron chi connectivity index (χ4n) is 3.70. The van der Waals surface area contributed by atoms with Crippen LogP contribution in [0.5, 0.6) is 0 Å². The van der Waals surface area contributed by atoms with Gasteiger partial charge in [-0.2, -0.15) is 13.2 Å². The molecular weight excluding hydrogens is 389 g/mol. The monoisotopic (exact) mass is 414 g/mol. The molecule has 8 nitrogen and oxygen atoms in total. The first-order valence-electron chi connectivity index (χ1n) is 8.68. The molecule has 2 rings (SSSR count). The Bertz CT molecular complexity index is 670. The molecule has 0 aromatic rings. The molecule has 2 N–H and O–H groups in total. The maximum Gasteiger partial charge on any atom is 0.389 e. The topological polar surface area (TPSA) is 98.8 Å². The van der Waals surface area contributed by atoms with Crippen molar-refractivity contribution in [2.75, 3.05) is 32.4 Å². The molecule has 0 saturated carbocycles. The standard InChI is InChI=1S/C15H25F3N4O4S/c1-10(23)19-13-9-21(5-3-4-15(16,17)18)8-12-6-11(20-27(2,25)26)7-22(12)14(13)24/h11-13,20H,3-9H2,1-2H3,(H,19,23)/t11-,12-,13-/m0/s1. The van der Waals surface area contributed by atoms with E-state index in [1.165, 1.54) is 11.8 Å². The van der Waals surface area contributed by atoms with Gasteiger partial charge < -0.3 is 10.2 Å². The van der Waals surface area contributed by atoms with Crippen LogP contribution in [0.4, 0.5) is 13.2 Å². The first kappa shape index (κ1) is 21.9. The first-order valence-corrected chi connectivity index (χ1v) is 10.6. The third-order valence-electron chi connectivity index (χ3n) is 4.60. The molecule has 156 valence electrons. The second kappa shape index (κ2) is 8.31. The molecule has 0 radical (unpaired) electrons.